The van der Waals surface area contributed by atoms with Crippen molar-refractivity contribution in [2.45, 2.75) is 6.61 Å². The average molecular weight is 356 g/mol. The van der Waals surface area contributed by atoms with Crippen LogP contribution >= 0.6 is 0 Å². The average Bonchev–Trinajstić information content (AvgIpc) is 3.15. The van der Waals surface area contributed by atoms with Crippen LogP contribution in [0.1, 0.15) is 5.82 Å². The minimum atomic E-state index is -0.476. The highest BCUT2D eigenvalue weighted by molar-refractivity contribution is 5.60. The van der Waals surface area contributed by atoms with Gasteiger partial charge in [0.05, 0.1) is 25.2 Å². The largest absolute Gasteiger partial charge is 0.493 e. The number of aromatic nitrogens is 3. The van der Waals surface area contributed by atoms with Gasteiger partial charge in [-0.1, -0.05) is 6.07 Å². The van der Waals surface area contributed by atoms with Crippen molar-refractivity contribution < 1.29 is 19.1 Å². The molecule has 0 amide bonds. The van der Waals surface area contributed by atoms with Crippen LogP contribution in [0.15, 0.2) is 42.5 Å². The lowest BCUT2D eigenvalue weighted by Crippen LogP contribution is -1.98. The lowest BCUT2D eigenvalue weighted by Gasteiger charge is -2.07. The van der Waals surface area contributed by atoms with Gasteiger partial charge in [-0.2, -0.15) is 5.10 Å². The maximum Gasteiger partial charge on any atom is 0.273 e. The minimum Gasteiger partial charge on any atom is -0.493 e. The van der Waals surface area contributed by atoms with Gasteiger partial charge in [-0.3, -0.25) is 15.2 Å². The predicted molar refractivity (Wildman–Crippen MR) is 92.4 cm³/mol. The molecule has 0 saturated heterocycles. The van der Waals surface area contributed by atoms with Crippen molar-refractivity contribution >= 4 is 5.69 Å². The second-order valence-electron chi connectivity index (χ2n) is 5.22. The summed E-state index contributed by atoms with van der Waals surface area (Å²) in [6.45, 7) is 0.0987. The topological polar surface area (TPSA) is 112 Å². The van der Waals surface area contributed by atoms with Crippen molar-refractivity contribution in [2.24, 2.45) is 0 Å². The summed E-state index contributed by atoms with van der Waals surface area (Å²) in [5.41, 5.74) is 0.714. The number of nitrogens with one attached hydrogen (secondary N) is 1. The van der Waals surface area contributed by atoms with Crippen LogP contribution in [-0.4, -0.2) is 34.3 Å². The summed E-state index contributed by atoms with van der Waals surface area (Å²) in [6, 6.07) is 11.3. The van der Waals surface area contributed by atoms with Crippen LogP contribution in [0.5, 0.6) is 17.2 Å². The van der Waals surface area contributed by atoms with E-state index >= 15 is 0 Å². The first-order chi connectivity index (χ1) is 12.6. The summed E-state index contributed by atoms with van der Waals surface area (Å²) in [5.74, 6) is 2.53. The molecule has 0 bridgehead atoms. The fourth-order valence-corrected chi connectivity index (χ4v) is 2.30. The molecular weight excluding hydrogens is 340 g/mol. The second kappa shape index (κ2) is 7.51. The SMILES string of the molecule is COc1ccc(-c2n[nH]c(COc3cccc([N+](=O)[O-])c3)n2)cc1OC. The monoisotopic (exact) mass is 356 g/mol. The van der Waals surface area contributed by atoms with E-state index in [2.05, 4.69) is 15.2 Å². The van der Waals surface area contributed by atoms with Gasteiger partial charge in [0.15, 0.2) is 23.1 Å². The van der Waals surface area contributed by atoms with Crippen LogP contribution < -0.4 is 14.2 Å². The first-order valence-electron chi connectivity index (χ1n) is 7.61. The summed E-state index contributed by atoms with van der Waals surface area (Å²) < 4.78 is 16.0. The highest BCUT2D eigenvalue weighted by Crippen LogP contribution is 2.31. The van der Waals surface area contributed by atoms with Crippen LogP contribution in [0.25, 0.3) is 11.4 Å². The minimum absolute atomic E-state index is 0.0360. The number of hydrogen-bond donors (Lipinski definition) is 1. The van der Waals surface area contributed by atoms with Crippen LogP contribution in [0, 0.1) is 10.1 Å². The number of methoxy groups -OCH3 is 2. The van der Waals surface area contributed by atoms with Gasteiger partial charge in [0, 0.05) is 11.6 Å². The number of ether oxygens (including phenoxy) is 3. The lowest BCUT2D eigenvalue weighted by molar-refractivity contribution is -0.384. The molecule has 1 aromatic heterocycles. The van der Waals surface area contributed by atoms with Crippen molar-refractivity contribution in [2.75, 3.05) is 14.2 Å². The second-order valence-corrected chi connectivity index (χ2v) is 5.22. The molecule has 1 heterocycles. The van der Waals surface area contributed by atoms with Crippen LogP contribution in [0.4, 0.5) is 5.69 Å². The fraction of sp³-hybridized carbons (Fsp3) is 0.176. The fourth-order valence-electron chi connectivity index (χ4n) is 2.30. The summed E-state index contributed by atoms with van der Waals surface area (Å²) in [7, 11) is 3.12. The number of benzene rings is 2. The quantitative estimate of drug-likeness (QED) is 0.511. The molecule has 3 rings (SSSR count). The summed E-state index contributed by atoms with van der Waals surface area (Å²) in [6.07, 6.45) is 0. The first kappa shape index (κ1) is 17.2. The Balaban J connectivity index is 1.72. The molecule has 0 atom stereocenters. The molecule has 0 unspecified atom stereocenters. The van der Waals surface area contributed by atoms with Gasteiger partial charge in [0.2, 0.25) is 0 Å². The molecule has 0 saturated carbocycles. The number of nitrogens with zero attached hydrogens (tertiary/aromatic N) is 3. The number of nitro benzene ring substituents is 1. The number of aromatic amines is 1. The van der Waals surface area contributed by atoms with E-state index in [-0.39, 0.29) is 12.3 Å². The van der Waals surface area contributed by atoms with Crippen molar-refractivity contribution in [3.8, 4) is 28.6 Å². The number of nitro groups is 1. The summed E-state index contributed by atoms with van der Waals surface area (Å²) in [5, 5.41) is 17.7. The molecule has 0 spiro atoms. The Morgan fingerprint density at radius 1 is 1.12 bits per heavy atom. The van der Waals surface area contributed by atoms with E-state index in [0.717, 1.165) is 5.56 Å². The molecule has 1 N–H and O–H groups in total. The smallest absolute Gasteiger partial charge is 0.273 e. The Morgan fingerprint density at radius 3 is 2.65 bits per heavy atom. The Hall–Kier alpha value is -3.62. The van der Waals surface area contributed by atoms with E-state index in [1.54, 1.807) is 38.5 Å². The van der Waals surface area contributed by atoms with Crippen molar-refractivity contribution in [3.05, 3.63) is 58.4 Å². The van der Waals surface area contributed by atoms with Crippen molar-refractivity contribution in [3.63, 3.8) is 0 Å². The van der Waals surface area contributed by atoms with Crippen molar-refractivity contribution in [1.82, 2.24) is 15.2 Å². The number of H-pyrrole nitrogens is 1. The third-order valence-corrected chi connectivity index (χ3v) is 3.58. The number of rotatable bonds is 7. The van der Waals surface area contributed by atoms with E-state index < -0.39 is 4.92 Å². The van der Waals surface area contributed by atoms with Crippen LogP contribution in [-0.2, 0) is 6.61 Å². The molecule has 3 aromatic rings. The Kier molecular flexibility index (Phi) is 4.97. The first-order valence-corrected chi connectivity index (χ1v) is 7.61. The number of hydrogen-bond acceptors (Lipinski definition) is 7. The third-order valence-electron chi connectivity index (χ3n) is 3.58. The molecule has 9 heteroatoms. The van der Waals surface area contributed by atoms with Crippen LogP contribution in [0.2, 0.25) is 0 Å². The molecule has 134 valence electrons. The highest BCUT2D eigenvalue weighted by atomic mass is 16.6. The van der Waals surface area contributed by atoms with E-state index in [1.807, 2.05) is 6.07 Å². The molecule has 26 heavy (non-hydrogen) atoms. The molecule has 0 aliphatic rings. The maximum absolute atomic E-state index is 10.8. The van der Waals surface area contributed by atoms with E-state index in [1.165, 1.54) is 12.1 Å². The standard InChI is InChI=1S/C17H16N4O5/c1-24-14-7-6-11(8-15(14)25-2)17-18-16(19-20-17)10-26-13-5-3-4-12(9-13)21(22)23/h3-9H,10H2,1-2H3,(H,18,19,20). The highest BCUT2D eigenvalue weighted by Gasteiger charge is 2.11. The molecule has 9 nitrogen and oxygen atoms in total. The molecule has 2 aromatic carbocycles. The maximum atomic E-state index is 10.8. The molecular formula is C17H16N4O5. The molecule has 0 radical (unpaired) electrons. The van der Waals surface area contributed by atoms with Crippen LogP contribution in [0.3, 0.4) is 0 Å². The molecule has 0 aliphatic heterocycles. The molecule has 0 aliphatic carbocycles. The third kappa shape index (κ3) is 3.72. The van der Waals surface area contributed by atoms with Crippen molar-refractivity contribution in [1.29, 1.82) is 0 Å². The zero-order valence-corrected chi connectivity index (χ0v) is 14.1. The zero-order valence-electron chi connectivity index (χ0n) is 14.1. The van der Waals surface area contributed by atoms with Gasteiger partial charge in [-0.05, 0) is 24.3 Å². The molecule has 0 fully saturated rings. The van der Waals surface area contributed by atoms with Gasteiger partial charge in [0.25, 0.3) is 5.69 Å². The predicted octanol–water partition coefficient (Wildman–Crippen LogP) is 2.98. The zero-order chi connectivity index (χ0) is 18.5. The van der Waals surface area contributed by atoms with E-state index in [9.17, 15) is 10.1 Å². The summed E-state index contributed by atoms with van der Waals surface area (Å²) >= 11 is 0. The summed E-state index contributed by atoms with van der Waals surface area (Å²) in [4.78, 5) is 14.7. The Morgan fingerprint density at radius 2 is 1.92 bits per heavy atom. The van der Waals surface area contributed by atoms with Gasteiger partial charge >= 0.3 is 0 Å². The van der Waals surface area contributed by atoms with Gasteiger partial charge in [-0.25, -0.2) is 4.98 Å². The Bertz CT molecular complexity index is 925. The van der Waals surface area contributed by atoms with Gasteiger partial charge in [-0.15, -0.1) is 0 Å². The van der Waals surface area contributed by atoms with E-state index in [0.29, 0.717) is 28.9 Å². The Labute approximate surface area is 148 Å². The van der Waals surface area contributed by atoms with Gasteiger partial charge in [0.1, 0.15) is 12.4 Å². The van der Waals surface area contributed by atoms with Gasteiger partial charge < -0.3 is 14.2 Å². The normalized spacial score (nSPS) is 10.4. The lowest BCUT2D eigenvalue weighted by atomic mass is 10.2. The van der Waals surface area contributed by atoms with E-state index in [4.69, 9.17) is 14.2 Å². The number of non-ortho nitro benzene ring substituents is 1.